The third-order valence-electron chi connectivity index (χ3n) is 3.44. The molecule has 2 rings (SSSR count). The van der Waals surface area contributed by atoms with Gasteiger partial charge >= 0.3 is 5.69 Å². The van der Waals surface area contributed by atoms with Crippen molar-refractivity contribution in [3.63, 3.8) is 0 Å². The average molecular weight is 278 g/mol. The number of nitro groups is 1. The highest BCUT2D eigenvalue weighted by Gasteiger charge is 2.22. The summed E-state index contributed by atoms with van der Waals surface area (Å²) >= 11 is 0. The van der Waals surface area contributed by atoms with E-state index in [1.54, 1.807) is 6.07 Å². The Morgan fingerprint density at radius 3 is 2.75 bits per heavy atom. The average Bonchev–Trinajstić information content (AvgIpc) is 3.18. The van der Waals surface area contributed by atoms with Crippen LogP contribution in [0.3, 0.4) is 0 Å². The van der Waals surface area contributed by atoms with Crippen LogP contribution in [0.1, 0.15) is 30.9 Å². The molecular weight excluding hydrogens is 256 g/mol. The van der Waals surface area contributed by atoms with E-state index in [0.29, 0.717) is 24.3 Å². The highest BCUT2D eigenvalue weighted by molar-refractivity contribution is 5.53. The van der Waals surface area contributed by atoms with Crippen LogP contribution in [0.2, 0.25) is 0 Å². The molecule has 1 aliphatic rings. The normalized spacial score (nSPS) is 15.9. The van der Waals surface area contributed by atoms with Gasteiger partial charge in [-0.25, -0.2) is 0 Å². The van der Waals surface area contributed by atoms with Crippen LogP contribution in [0.5, 0.6) is 5.75 Å². The summed E-state index contributed by atoms with van der Waals surface area (Å²) in [6.45, 7) is 7.17. The van der Waals surface area contributed by atoms with Crippen LogP contribution in [0.4, 0.5) is 5.69 Å². The SMILES string of the molecule is Cc1cc(C)c(OCC(C)CNC2CC2)c([N+](=O)[O-])c1. The molecule has 5 nitrogen and oxygen atoms in total. The van der Waals surface area contributed by atoms with Gasteiger partial charge in [-0.15, -0.1) is 0 Å². The smallest absolute Gasteiger partial charge is 0.311 e. The van der Waals surface area contributed by atoms with Crippen molar-refractivity contribution >= 4 is 5.69 Å². The fourth-order valence-corrected chi connectivity index (χ4v) is 2.20. The van der Waals surface area contributed by atoms with Crippen LogP contribution in [-0.4, -0.2) is 24.1 Å². The fraction of sp³-hybridized carbons (Fsp3) is 0.600. The molecule has 1 aromatic carbocycles. The highest BCUT2D eigenvalue weighted by atomic mass is 16.6. The summed E-state index contributed by atoms with van der Waals surface area (Å²) < 4.78 is 5.72. The van der Waals surface area contributed by atoms with Gasteiger partial charge in [0.15, 0.2) is 5.75 Å². The molecule has 1 N–H and O–H groups in total. The largest absolute Gasteiger partial charge is 0.486 e. The Morgan fingerprint density at radius 2 is 2.15 bits per heavy atom. The van der Waals surface area contributed by atoms with Crippen LogP contribution in [0.15, 0.2) is 12.1 Å². The molecule has 1 aromatic rings. The van der Waals surface area contributed by atoms with Gasteiger partial charge in [0.05, 0.1) is 11.5 Å². The van der Waals surface area contributed by atoms with Crippen molar-refractivity contribution in [2.75, 3.05) is 13.2 Å². The number of rotatable bonds is 7. The lowest BCUT2D eigenvalue weighted by atomic mass is 10.1. The Kier molecular flexibility index (Phi) is 4.60. The lowest BCUT2D eigenvalue weighted by Gasteiger charge is -2.15. The maximum absolute atomic E-state index is 11.1. The Balaban J connectivity index is 1.98. The number of aryl methyl sites for hydroxylation is 2. The van der Waals surface area contributed by atoms with Crippen molar-refractivity contribution in [2.24, 2.45) is 5.92 Å². The predicted octanol–water partition coefficient (Wildman–Crippen LogP) is 2.98. The van der Waals surface area contributed by atoms with E-state index in [2.05, 4.69) is 12.2 Å². The van der Waals surface area contributed by atoms with Gasteiger partial charge in [0, 0.05) is 24.6 Å². The van der Waals surface area contributed by atoms with Crippen LogP contribution >= 0.6 is 0 Å². The van der Waals surface area contributed by atoms with Gasteiger partial charge in [0.25, 0.3) is 0 Å². The molecule has 0 aromatic heterocycles. The van der Waals surface area contributed by atoms with Gasteiger partial charge in [-0.1, -0.05) is 13.0 Å². The summed E-state index contributed by atoms with van der Waals surface area (Å²) in [7, 11) is 0. The van der Waals surface area contributed by atoms with Gasteiger partial charge < -0.3 is 10.1 Å². The number of ether oxygens (including phenoxy) is 1. The van der Waals surface area contributed by atoms with Crippen LogP contribution in [0, 0.1) is 29.9 Å². The van der Waals surface area contributed by atoms with E-state index in [-0.39, 0.29) is 10.6 Å². The summed E-state index contributed by atoms with van der Waals surface area (Å²) in [5.74, 6) is 0.731. The first-order chi connectivity index (χ1) is 9.47. The molecule has 1 saturated carbocycles. The minimum absolute atomic E-state index is 0.0600. The third kappa shape index (κ3) is 3.93. The Labute approximate surface area is 119 Å². The molecule has 1 atom stereocenters. The second-order valence-corrected chi connectivity index (χ2v) is 5.79. The van der Waals surface area contributed by atoms with Crippen molar-refractivity contribution in [3.8, 4) is 5.75 Å². The number of nitrogens with one attached hydrogen (secondary N) is 1. The number of hydrogen-bond acceptors (Lipinski definition) is 4. The number of hydrogen-bond donors (Lipinski definition) is 1. The molecule has 20 heavy (non-hydrogen) atoms. The van der Waals surface area contributed by atoms with E-state index in [0.717, 1.165) is 17.7 Å². The highest BCUT2D eigenvalue weighted by Crippen LogP contribution is 2.32. The molecule has 1 aliphatic carbocycles. The van der Waals surface area contributed by atoms with E-state index in [1.165, 1.54) is 12.8 Å². The molecule has 1 fully saturated rings. The fourth-order valence-electron chi connectivity index (χ4n) is 2.20. The summed E-state index contributed by atoms with van der Waals surface area (Å²) in [5.41, 5.74) is 1.76. The second kappa shape index (κ2) is 6.22. The molecule has 110 valence electrons. The molecule has 0 aliphatic heterocycles. The van der Waals surface area contributed by atoms with Crippen molar-refractivity contribution in [2.45, 2.75) is 39.7 Å². The standard InChI is InChI=1S/C15H22N2O3/c1-10-6-12(3)15(14(7-10)17(18)19)20-9-11(2)8-16-13-4-5-13/h6-7,11,13,16H,4-5,8-9H2,1-3H3. The van der Waals surface area contributed by atoms with Gasteiger partial charge in [-0.05, 0) is 37.8 Å². The molecule has 0 saturated heterocycles. The molecule has 0 amide bonds. The van der Waals surface area contributed by atoms with Crippen molar-refractivity contribution in [1.29, 1.82) is 0 Å². The zero-order chi connectivity index (χ0) is 14.7. The summed E-state index contributed by atoms with van der Waals surface area (Å²) in [6, 6.07) is 4.15. The van der Waals surface area contributed by atoms with Crippen LogP contribution in [-0.2, 0) is 0 Å². The third-order valence-corrected chi connectivity index (χ3v) is 3.44. The monoisotopic (exact) mass is 278 g/mol. The predicted molar refractivity (Wildman–Crippen MR) is 78.3 cm³/mol. The topological polar surface area (TPSA) is 64.4 Å². The quantitative estimate of drug-likeness (QED) is 0.615. The summed E-state index contributed by atoms with van der Waals surface area (Å²) in [6.07, 6.45) is 2.52. The zero-order valence-corrected chi connectivity index (χ0v) is 12.3. The first kappa shape index (κ1) is 14.8. The van der Waals surface area contributed by atoms with Gasteiger partial charge in [-0.2, -0.15) is 0 Å². The first-order valence-electron chi connectivity index (χ1n) is 7.09. The van der Waals surface area contributed by atoms with E-state index in [4.69, 9.17) is 4.74 Å². The lowest BCUT2D eigenvalue weighted by molar-refractivity contribution is -0.386. The zero-order valence-electron chi connectivity index (χ0n) is 12.3. The van der Waals surface area contributed by atoms with Crippen molar-refractivity contribution in [1.82, 2.24) is 5.32 Å². The number of benzene rings is 1. The minimum Gasteiger partial charge on any atom is -0.486 e. The molecular formula is C15H22N2O3. The van der Waals surface area contributed by atoms with E-state index >= 15 is 0 Å². The van der Waals surface area contributed by atoms with Gasteiger partial charge in [0.1, 0.15) is 0 Å². The Morgan fingerprint density at radius 1 is 1.45 bits per heavy atom. The molecule has 0 radical (unpaired) electrons. The maximum atomic E-state index is 11.1. The van der Waals surface area contributed by atoms with E-state index in [9.17, 15) is 10.1 Å². The molecule has 0 bridgehead atoms. The second-order valence-electron chi connectivity index (χ2n) is 5.79. The first-order valence-corrected chi connectivity index (χ1v) is 7.09. The molecule has 0 spiro atoms. The molecule has 0 heterocycles. The summed E-state index contributed by atoms with van der Waals surface area (Å²) in [4.78, 5) is 10.7. The number of nitrogens with zero attached hydrogens (tertiary/aromatic N) is 1. The minimum atomic E-state index is -0.373. The van der Waals surface area contributed by atoms with Crippen LogP contribution in [0.25, 0.3) is 0 Å². The number of nitro benzene ring substituents is 1. The van der Waals surface area contributed by atoms with Gasteiger partial charge in [0.2, 0.25) is 0 Å². The molecule has 5 heteroatoms. The lowest BCUT2D eigenvalue weighted by Crippen LogP contribution is -2.26. The van der Waals surface area contributed by atoms with E-state index in [1.807, 2.05) is 19.9 Å². The summed E-state index contributed by atoms with van der Waals surface area (Å²) in [5, 5.41) is 14.5. The maximum Gasteiger partial charge on any atom is 0.311 e. The van der Waals surface area contributed by atoms with Crippen molar-refractivity contribution < 1.29 is 9.66 Å². The van der Waals surface area contributed by atoms with Crippen LogP contribution < -0.4 is 10.1 Å². The molecule has 1 unspecified atom stereocenters. The van der Waals surface area contributed by atoms with Crippen molar-refractivity contribution in [3.05, 3.63) is 33.4 Å². The van der Waals surface area contributed by atoms with Gasteiger partial charge in [-0.3, -0.25) is 10.1 Å². The van der Waals surface area contributed by atoms with E-state index < -0.39 is 0 Å². The Hall–Kier alpha value is -1.62. The Bertz CT molecular complexity index is 498.